The van der Waals surface area contributed by atoms with Crippen LogP contribution in [-0.4, -0.2) is 35.7 Å². The SMILES string of the molecule is Cc1cc(C(C)NC(=O)C(CC(=O)O)NC(=O)OCC2c3ccccc3-c3ccccc32)c(C)s1. The van der Waals surface area contributed by atoms with Crippen LogP contribution in [0, 0.1) is 13.8 Å². The molecule has 7 nitrogen and oxygen atoms in total. The van der Waals surface area contributed by atoms with Gasteiger partial charge in [0, 0.05) is 15.7 Å². The summed E-state index contributed by atoms with van der Waals surface area (Å²) in [5.74, 6) is -1.90. The maximum atomic E-state index is 12.9. The van der Waals surface area contributed by atoms with Crippen molar-refractivity contribution in [3.8, 4) is 11.1 Å². The second kappa shape index (κ2) is 10.3. The van der Waals surface area contributed by atoms with E-state index in [1.165, 1.54) is 0 Å². The van der Waals surface area contributed by atoms with Crippen LogP contribution in [0.1, 0.15) is 51.7 Å². The van der Waals surface area contributed by atoms with Crippen molar-refractivity contribution in [2.24, 2.45) is 0 Å². The Hall–Kier alpha value is -3.65. The summed E-state index contributed by atoms with van der Waals surface area (Å²) in [5, 5.41) is 14.6. The molecule has 3 aromatic rings. The second-order valence-electron chi connectivity index (χ2n) is 8.72. The van der Waals surface area contributed by atoms with Crippen molar-refractivity contribution in [1.29, 1.82) is 0 Å². The zero-order chi connectivity index (χ0) is 25.1. The third kappa shape index (κ3) is 5.38. The van der Waals surface area contributed by atoms with E-state index < -0.39 is 30.4 Å². The zero-order valence-electron chi connectivity index (χ0n) is 19.8. The van der Waals surface area contributed by atoms with Crippen molar-refractivity contribution in [1.82, 2.24) is 10.6 Å². The van der Waals surface area contributed by atoms with Gasteiger partial charge in [-0.15, -0.1) is 11.3 Å². The zero-order valence-corrected chi connectivity index (χ0v) is 20.6. The highest BCUT2D eigenvalue weighted by Gasteiger charge is 2.30. The minimum Gasteiger partial charge on any atom is -0.481 e. The first-order chi connectivity index (χ1) is 16.7. The van der Waals surface area contributed by atoms with Gasteiger partial charge in [-0.05, 0) is 54.7 Å². The number of hydrogen-bond donors (Lipinski definition) is 3. The molecule has 0 saturated carbocycles. The molecule has 0 radical (unpaired) electrons. The summed E-state index contributed by atoms with van der Waals surface area (Å²) < 4.78 is 5.49. The molecule has 35 heavy (non-hydrogen) atoms. The molecular weight excluding hydrogens is 464 g/mol. The van der Waals surface area contributed by atoms with Crippen LogP contribution >= 0.6 is 11.3 Å². The Morgan fingerprint density at radius 1 is 1.00 bits per heavy atom. The second-order valence-corrected chi connectivity index (χ2v) is 10.2. The lowest BCUT2D eigenvalue weighted by atomic mass is 9.98. The predicted octanol–water partition coefficient (Wildman–Crippen LogP) is 4.92. The summed E-state index contributed by atoms with van der Waals surface area (Å²) in [4.78, 5) is 39.1. The minimum absolute atomic E-state index is 0.0745. The number of amides is 2. The molecule has 1 heterocycles. The molecule has 2 unspecified atom stereocenters. The first kappa shape index (κ1) is 24.5. The van der Waals surface area contributed by atoms with Gasteiger partial charge in [0.05, 0.1) is 12.5 Å². The van der Waals surface area contributed by atoms with Crippen LogP contribution < -0.4 is 10.6 Å². The summed E-state index contributed by atoms with van der Waals surface area (Å²) >= 11 is 1.63. The lowest BCUT2D eigenvalue weighted by Crippen LogP contribution is -2.48. The van der Waals surface area contributed by atoms with E-state index in [9.17, 15) is 19.5 Å². The number of carbonyl (C=O) groups excluding carboxylic acids is 2. The van der Waals surface area contributed by atoms with Gasteiger partial charge in [-0.3, -0.25) is 9.59 Å². The molecular formula is C27H28N2O5S. The van der Waals surface area contributed by atoms with Crippen molar-refractivity contribution < 1.29 is 24.2 Å². The third-order valence-corrected chi connectivity index (χ3v) is 7.22. The average Bonchev–Trinajstić information content (AvgIpc) is 3.33. The van der Waals surface area contributed by atoms with Crippen LogP contribution in [0.25, 0.3) is 11.1 Å². The number of alkyl carbamates (subject to hydrolysis) is 1. The lowest BCUT2D eigenvalue weighted by Gasteiger charge is -2.21. The first-order valence-electron chi connectivity index (χ1n) is 11.4. The van der Waals surface area contributed by atoms with Crippen LogP contribution in [0.5, 0.6) is 0 Å². The molecule has 2 amide bonds. The first-order valence-corrected chi connectivity index (χ1v) is 12.3. The lowest BCUT2D eigenvalue weighted by molar-refractivity contribution is -0.140. The standard InChI is InChI=1S/C27H28N2O5S/c1-15-12-22(17(3)35-15)16(2)28-26(32)24(13-25(30)31)29-27(33)34-14-23-20-10-6-4-8-18(20)19-9-5-7-11-21(19)23/h4-12,16,23-24H,13-14H2,1-3H3,(H,28,32)(H,29,33)(H,30,31). The van der Waals surface area contributed by atoms with Gasteiger partial charge in [0.2, 0.25) is 5.91 Å². The molecule has 1 aliphatic carbocycles. The Balaban J connectivity index is 1.41. The fourth-order valence-corrected chi connectivity index (χ4v) is 5.66. The number of benzene rings is 2. The largest absolute Gasteiger partial charge is 0.481 e. The van der Waals surface area contributed by atoms with Crippen molar-refractivity contribution in [2.75, 3.05) is 6.61 Å². The number of nitrogens with one attached hydrogen (secondary N) is 2. The van der Waals surface area contributed by atoms with Crippen molar-refractivity contribution in [3.05, 3.63) is 81.0 Å². The van der Waals surface area contributed by atoms with Crippen LogP contribution in [-0.2, 0) is 14.3 Å². The van der Waals surface area contributed by atoms with Gasteiger partial charge in [-0.25, -0.2) is 4.79 Å². The van der Waals surface area contributed by atoms with Gasteiger partial charge in [0.1, 0.15) is 12.6 Å². The molecule has 1 aliphatic rings. The molecule has 182 valence electrons. The number of carboxylic acids is 1. The predicted molar refractivity (Wildman–Crippen MR) is 135 cm³/mol. The Bertz CT molecular complexity index is 1220. The average molecular weight is 493 g/mol. The van der Waals surface area contributed by atoms with Crippen molar-refractivity contribution in [3.63, 3.8) is 0 Å². The van der Waals surface area contributed by atoms with Gasteiger partial charge < -0.3 is 20.5 Å². The third-order valence-electron chi connectivity index (χ3n) is 6.24. The van der Waals surface area contributed by atoms with Gasteiger partial charge in [0.15, 0.2) is 0 Å². The number of fused-ring (bicyclic) bond motifs is 3. The molecule has 8 heteroatoms. The Morgan fingerprint density at radius 2 is 1.60 bits per heavy atom. The quantitative estimate of drug-likeness (QED) is 0.414. The summed E-state index contributed by atoms with van der Waals surface area (Å²) in [6.45, 7) is 5.86. The van der Waals surface area contributed by atoms with Gasteiger partial charge in [0.25, 0.3) is 0 Å². The van der Waals surface area contributed by atoms with Crippen LogP contribution in [0.15, 0.2) is 54.6 Å². The molecule has 0 aliphatic heterocycles. The molecule has 2 aromatic carbocycles. The fraction of sp³-hybridized carbons (Fsp3) is 0.296. The molecule has 0 bridgehead atoms. The Morgan fingerprint density at radius 3 is 2.14 bits per heavy atom. The van der Waals surface area contributed by atoms with E-state index in [1.807, 2.05) is 75.4 Å². The van der Waals surface area contributed by atoms with Crippen LogP contribution in [0.3, 0.4) is 0 Å². The number of carbonyl (C=O) groups is 3. The van der Waals surface area contributed by atoms with E-state index in [4.69, 9.17) is 4.74 Å². The highest BCUT2D eigenvalue weighted by atomic mass is 32.1. The van der Waals surface area contributed by atoms with Crippen molar-refractivity contribution in [2.45, 2.75) is 45.2 Å². The van der Waals surface area contributed by atoms with Gasteiger partial charge >= 0.3 is 12.1 Å². The van der Waals surface area contributed by atoms with Crippen LogP contribution in [0.2, 0.25) is 0 Å². The van der Waals surface area contributed by atoms with E-state index in [1.54, 1.807) is 11.3 Å². The van der Waals surface area contributed by atoms with E-state index in [0.29, 0.717) is 0 Å². The maximum Gasteiger partial charge on any atom is 0.407 e. The number of hydrogen-bond acceptors (Lipinski definition) is 5. The molecule has 1 aromatic heterocycles. The summed E-state index contributed by atoms with van der Waals surface area (Å²) in [6, 6.07) is 16.4. The van der Waals surface area contributed by atoms with E-state index in [0.717, 1.165) is 37.6 Å². The van der Waals surface area contributed by atoms with Gasteiger partial charge in [-0.1, -0.05) is 48.5 Å². The number of carboxylic acid groups (broad SMARTS) is 1. The number of aliphatic carboxylic acids is 1. The molecule has 0 fully saturated rings. The van der Waals surface area contributed by atoms with Crippen LogP contribution in [0.4, 0.5) is 4.79 Å². The van der Waals surface area contributed by atoms with Gasteiger partial charge in [-0.2, -0.15) is 0 Å². The molecule has 3 N–H and O–H groups in total. The fourth-order valence-electron chi connectivity index (χ4n) is 4.64. The number of rotatable bonds is 8. The number of ether oxygens (including phenoxy) is 1. The molecule has 2 atom stereocenters. The summed E-state index contributed by atoms with van der Waals surface area (Å²) in [6.07, 6.45) is -1.38. The normalized spacial score (nSPS) is 13.9. The number of aryl methyl sites for hydroxylation is 2. The molecule has 0 spiro atoms. The van der Waals surface area contributed by atoms with E-state index in [-0.39, 0.29) is 18.6 Å². The topological polar surface area (TPSA) is 105 Å². The monoisotopic (exact) mass is 492 g/mol. The summed E-state index contributed by atoms with van der Waals surface area (Å²) in [7, 11) is 0. The molecule has 4 rings (SSSR count). The highest BCUT2D eigenvalue weighted by molar-refractivity contribution is 7.12. The molecule has 0 saturated heterocycles. The minimum atomic E-state index is -1.26. The summed E-state index contributed by atoms with van der Waals surface area (Å²) in [5.41, 5.74) is 5.31. The van der Waals surface area contributed by atoms with Crippen molar-refractivity contribution >= 4 is 29.3 Å². The Kier molecular flexibility index (Phi) is 7.21. The van der Waals surface area contributed by atoms with E-state index in [2.05, 4.69) is 10.6 Å². The highest BCUT2D eigenvalue weighted by Crippen LogP contribution is 2.44. The van der Waals surface area contributed by atoms with E-state index >= 15 is 0 Å². The Labute approximate surface area is 208 Å². The number of thiophene rings is 1. The maximum absolute atomic E-state index is 12.9. The smallest absolute Gasteiger partial charge is 0.407 e.